The number of para-hydroxylation sites is 1. The van der Waals surface area contributed by atoms with Gasteiger partial charge in [0, 0.05) is 61.1 Å². The minimum absolute atomic E-state index is 0.0240. The Balaban J connectivity index is 1.23. The SMILES string of the molecule is COc1ccc(CCNC(=O)CCC(=O)N2CCc3[nH]c4ccccc4c3C2)cc1OC. The summed E-state index contributed by atoms with van der Waals surface area (Å²) in [5.74, 6) is 1.26. The highest BCUT2D eigenvalue weighted by Gasteiger charge is 2.24. The standard InChI is InChI=1S/C25H29N3O4/c1-31-22-8-7-17(15-23(22)32-2)11-13-26-24(29)9-10-25(30)28-14-12-21-19(16-28)18-5-3-4-6-20(18)27-21/h3-8,15,27H,9-14,16H2,1-2H3,(H,26,29). The number of carbonyl (C=O) groups excluding carboxylic acids is 2. The molecule has 0 fully saturated rings. The molecule has 2 heterocycles. The number of rotatable bonds is 8. The third kappa shape index (κ3) is 4.72. The smallest absolute Gasteiger partial charge is 0.223 e. The van der Waals surface area contributed by atoms with Gasteiger partial charge in [-0.05, 0) is 30.2 Å². The summed E-state index contributed by atoms with van der Waals surface area (Å²) in [6.07, 6.45) is 1.91. The zero-order valence-corrected chi connectivity index (χ0v) is 18.6. The predicted octanol–water partition coefficient (Wildman–Crippen LogP) is 3.21. The van der Waals surface area contributed by atoms with Crippen LogP contribution in [0.25, 0.3) is 10.9 Å². The van der Waals surface area contributed by atoms with Crippen molar-refractivity contribution < 1.29 is 19.1 Å². The summed E-state index contributed by atoms with van der Waals surface area (Å²) < 4.78 is 10.6. The Morgan fingerprint density at radius 2 is 1.88 bits per heavy atom. The highest BCUT2D eigenvalue weighted by Crippen LogP contribution is 2.28. The van der Waals surface area contributed by atoms with Crippen LogP contribution in [-0.4, -0.2) is 49.0 Å². The first-order valence-electron chi connectivity index (χ1n) is 10.9. The van der Waals surface area contributed by atoms with Crippen LogP contribution in [0.2, 0.25) is 0 Å². The number of amides is 2. The predicted molar refractivity (Wildman–Crippen MR) is 123 cm³/mol. The van der Waals surface area contributed by atoms with Crippen LogP contribution in [0.15, 0.2) is 42.5 Å². The number of fused-ring (bicyclic) bond motifs is 3. The number of nitrogens with zero attached hydrogens (tertiary/aromatic N) is 1. The molecule has 0 spiro atoms. The van der Waals surface area contributed by atoms with Crippen molar-refractivity contribution in [3.05, 3.63) is 59.3 Å². The second kappa shape index (κ2) is 9.77. The van der Waals surface area contributed by atoms with E-state index in [0.717, 1.165) is 17.5 Å². The third-order valence-corrected chi connectivity index (χ3v) is 5.99. The molecule has 0 atom stereocenters. The summed E-state index contributed by atoms with van der Waals surface area (Å²) in [7, 11) is 3.20. The van der Waals surface area contributed by atoms with Gasteiger partial charge in [0.05, 0.1) is 14.2 Å². The number of ether oxygens (including phenoxy) is 2. The van der Waals surface area contributed by atoms with Gasteiger partial charge in [0.25, 0.3) is 0 Å². The minimum Gasteiger partial charge on any atom is -0.493 e. The molecule has 32 heavy (non-hydrogen) atoms. The lowest BCUT2D eigenvalue weighted by atomic mass is 10.0. The zero-order valence-electron chi connectivity index (χ0n) is 18.6. The summed E-state index contributed by atoms with van der Waals surface area (Å²) >= 11 is 0. The lowest BCUT2D eigenvalue weighted by Gasteiger charge is -2.27. The molecular formula is C25H29N3O4. The molecule has 0 radical (unpaired) electrons. The molecule has 2 N–H and O–H groups in total. The maximum atomic E-state index is 12.7. The molecule has 0 saturated carbocycles. The van der Waals surface area contributed by atoms with Crippen LogP contribution >= 0.6 is 0 Å². The normalized spacial score (nSPS) is 13.0. The Bertz CT molecular complexity index is 1120. The van der Waals surface area contributed by atoms with E-state index in [1.54, 1.807) is 14.2 Å². The second-order valence-corrected chi connectivity index (χ2v) is 7.98. The third-order valence-electron chi connectivity index (χ3n) is 5.99. The van der Waals surface area contributed by atoms with Crippen molar-refractivity contribution in [1.29, 1.82) is 0 Å². The average Bonchev–Trinajstić information content (AvgIpc) is 3.20. The molecule has 2 aromatic carbocycles. The van der Waals surface area contributed by atoms with Gasteiger partial charge >= 0.3 is 0 Å². The summed E-state index contributed by atoms with van der Waals surface area (Å²) in [6, 6.07) is 13.9. The van der Waals surface area contributed by atoms with Gasteiger partial charge in [-0.1, -0.05) is 24.3 Å². The van der Waals surface area contributed by atoms with Gasteiger partial charge in [-0.25, -0.2) is 0 Å². The number of carbonyl (C=O) groups is 2. The highest BCUT2D eigenvalue weighted by molar-refractivity contribution is 5.87. The fourth-order valence-corrected chi connectivity index (χ4v) is 4.23. The molecule has 3 aromatic rings. The van der Waals surface area contributed by atoms with E-state index in [-0.39, 0.29) is 24.7 Å². The van der Waals surface area contributed by atoms with Crippen molar-refractivity contribution in [3.63, 3.8) is 0 Å². The summed E-state index contributed by atoms with van der Waals surface area (Å²) in [6.45, 7) is 1.78. The largest absolute Gasteiger partial charge is 0.493 e. The number of aromatic amines is 1. The Morgan fingerprint density at radius 3 is 2.69 bits per heavy atom. The van der Waals surface area contributed by atoms with Gasteiger partial charge < -0.3 is 24.7 Å². The van der Waals surface area contributed by atoms with Crippen LogP contribution in [-0.2, 0) is 29.0 Å². The van der Waals surface area contributed by atoms with Crippen molar-refractivity contribution in [2.45, 2.75) is 32.2 Å². The second-order valence-electron chi connectivity index (χ2n) is 7.98. The Morgan fingerprint density at radius 1 is 1.06 bits per heavy atom. The lowest BCUT2D eigenvalue weighted by Crippen LogP contribution is -2.36. The lowest BCUT2D eigenvalue weighted by molar-refractivity contribution is -0.134. The maximum absolute atomic E-state index is 12.7. The minimum atomic E-state index is -0.108. The molecule has 2 amide bonds. The number of aromatic nitrogens is 1. The average molecular weight is 436 g/mol. The molecule has 1 aliphatic rings. The molecule has 7 heteroatoms. The van der Waals surface area contributed by atoms with Gasteiger partial charge in [0.1, 0.15) is 0 Å². The topological polar surface area (TPSA) is 83.7 Å². The van der Waals surface area contributed by atoms with Crippen LogP contribution in [0.3, 0.4) is 0 Å². The summed E-state index contributed by atoms with van der Waals surface area (Å²) in [5.41, 5.74) is 4.56. The van der Waals surface area contributed by atoms with Crippen LogP contribution in [0.1, 0.15) is 29.7 Å². The Hall–Kier alpha value is -3.48. The molecule has 0 aliphatic carbocycles. The molecular weight excluding hydrogens is 406 g/mol. The Labute approximate surface area is 187 Å². The number of methoxy groups -OCH3 is 2. The van der Waals surface area contributed by atoms with Crippen molar-refractivity contribution in [2.75, 3.05) is 27.3 Å². The van der Waals surface area contributed by atoms with E-state index in [9.17, 15) is 9.59 Å². The van der Waals surface area contributed by atoms with E-state index in [1.807, 2.05) is 35.2 Å². The van der Waals surface area contributed by atoms with E-state index >= 15 is 0 Å². The fraction of sp³-hybridized carbons (Fsp3) is 0.360. The van der Waals surface area contributed by atoms with Gasteiger partial charge in [-0.15, -0.1) is 0 Å². The van der Waals surface area contributed by atoms with E-state index in [1.165, 1.54) is 16.6 Å². The first-order valence-corrected chi connectivity index (χ1v) is 10.9. The van der Waals surface area contributed by atoms with Crippen molar-refractivity contribution in [3.8, 4) is 11.5 Å². The highest BCUT2D eigenvalue weighted by atomic mass is 16.5. The van der Waals surface area contributed by atoms with Crippen LogP contribution in [0, 0.1) is 0 Å². The van der Waals surface area contributed by atoms with Gasteiger partial charge in [-0.3, -0.25) is 9.59 Å². The molecule has 0 unspecified atom stereocenters. The fourth-order valence-electron chi connectivity index (χ4n) is 4.23. The monoisotopic (exact) mass is 435 g/mol. The number of hydrogen-bond acceptors (Lipinski definition) is 4. The van der Waals surface area contributed by atoms with E-state index in [2.05, 4.69) is 22.4 Å². The molecule has 1 aromatic heterocycles. The first kappa shape index (κ1) is 21.7. The van der Waals surface area contributed by atoms with Gasteiger partial charge in [0.15, 0.2) is 11.5 Å². The number of H-pyrrole nitrogens is 1. The number of benzene rings is 2. The summed E-state index contributed by atoms with van der Waals surface area (Å²) in [5, 5.41) is 4.08. The zero-order chi connectivity index (χ0) is 22.5. The molecule has 7 nitrogen and oxygen atoms in total. The van der Waals surface area contributed by atoms with Crippen LogP contribution in [0.5, 0.6) is 11.5 Å². The maximum Gasteiger partial charge on any atom is 0.223 e. The van der Waals surface area contributed by atoms with Gasteiger partial charge in [-0.2, -0.15) is 0 Å². The molecule has 0 saturated heterocycles. The van der Waals surface area contributed by atoms with Gasteiger partial charge in [0.2, 0.25) is 11.8 Å². The van der Waals surface area contributed by atoms with E-state index in [0.29, 0.717) is 37.6 Å². The van der Waals surface area contributed by atoms with E-state index in [4.69, 9.17) is 9.47 Å². The molecule has 4 rings (SSSR count). The molecule has 168 valence electrons. The first-order chi connectivity index (χ1) is 15.6. The van der Waals surface area contributed by atoms with Crippen molar-refractivity contribution in [1.82, 2.24) is 15.2 Å². The number of hydrogen-bond donors (Lipinski definition) is 2. The molecule has 0 bridgehead atoms. The van der Waals surface area contributed by atoms with Crippen molar-refractivity contribution in [2.24, 2.45) is 0 Å². The van der Waals surface area contributed by atoms with Crippen molar-refractivity contribution >= 4 is 22.7 Å². The molecule has 1 aliphatic heterocycles. The number of nitrogens with one attached hydrogen (secondary N) is 2. The van der Waals surface area contributed by atoms with Crippen LogP contribution in [0.4, 0.5) is 0 Å². The summed E-state index contributed by atoms with van der Waals surface area (Å²) in [4.78, 5) is 30.3. The Kier molecular flexibility index (Phi) is 6.63. The van der Waals surface area contributed by atoms with E-state index < -0.39 is 0 Å². The quantitative estimate of drug-likeness (QED) is 0.569. The van der Waals surface area contributed by atoms with Crippen LogP contribution < -0.4 is 14.8 Å².